The number of carbonyl (C=O) groups is 1. The third kappa shape index (κ3) is 3.93. The van der Waals surface area contributed by atoms with Crippen molar-refractivity contribution in [1.82, 2.24) is 4.90 Å². The summed E-state index contributed by atoms with van der Waals surface area (Å²) in [5, 5.41) is 0.348. The zero-order valence-electron chi connectivity index (χ0n) is 19.5. The van der Waals surface area contributed by atoms with Crippen molar-refractivity contribution in [2.45, 2.75) is 32.5 Å². The molecule has 0 saturated carbocycles. The minimum Gasteiger partial charge on any atom is -0.440 e. The highest BCUT2D eigenvalue weighted by Crippen LogP contribution is 2.50. The Morgan fingerprint density at radius 2 is 1.62 bits per heavy atom. The third-order valence-electron chi connectivity index (χ3n) is 6.46. The number of nitrogens with zero attached hydrogens (tertiary/aromatic N) is 1. The molecule has 1 atom stereocenters. The Hall–Kier alpha value is -3.02. The average Bonchev–Trinajstić information content (AvgIpc) is 3.23. The van der Waals surface area contributed by atoms with Crippen molar-refractivity contribution in [2.24, 2.45) is 0 Å². The van der Waals surface area contributed by atoms with Crippen molar-refractivity contribution in [3.05, 3.63) is 93.5 Å². The van der Waals surface area contributed by atoms with Gasteiger partial charge >= 0.3 is 5.79 Å². The summed E-state index contributed by atoms with van der Waals surface area (Å²) in [7, 11) is 0. The van der Waals surface area contributed by atoms with E-state index >= 15 is 0 Å². The second-order valence-corrected chi connectivity index (χ2v) is 9.13. The van der Waals surface area contributed by atoms with Crippen LogP contribution in [0.15, 0.2) is 60.7 Å². The molecule has 1 unspecified atom stereocenters. The molecule has 5 rings (SSSR count). The standard InChI is InChI=1S/C28H28ClNO4/c1-3-8-20-10-5-7-12-23(20)28(22-11-6-4-9-19(22)2)33-25-17-21(24(29)18-26(25)34-28)27(31)30-13-15-32-16-14-30/h4-7,9-12,17-18H,3,8,13-16H2,1-2H3. The van der Waals surface area contributed by atoms with Gasteiger partial charge in [-0.25, -0.2) is 0 Å². The molecule has 1 saturated heterocycles. The smallest absolute Gasteiger partial charge is 0.306 e. The van der Waals surface area contributed by atoms with Crippen molar-refractivity contribution in [3.63, 3.8) is 0 Å². The molecule has 176 valence electrons. The van der Waals surface area contributed by atoms with Gasteiger partial charge in [-0.05, 0) is 30.5 Å². The van der Waals surface area contributed by atoms with E-state index in [1.54, 1.807) is 17.0 Å². The van der Waals surface area contributed by atoms with Crippen LogP contribution in [0.25, 0.3) is 0 Å². The number of carbonyl (C=O) groups excluding carboxylic acids is 1. The summed E-state index contributed by atoms with van der Waals surface area (Å²) in [6, 6.07) is 19.7. The van der Waals surface area contributed by atoms with Crippen LogP contribution in [-0.2, 0) is 16.9 Å². The summed E-state index contributed by atoms with van der Waals surface area (Å²) in [6.45, 7) is 6.35. The Bertz CT molecular complexity index is 1220. The lowest BCUT2D eigenvalue weighted by Gasteiger charge is -2.31. The normalized spacial score (nSPS) is 19.3. The molecule has 0 N–H and O–H groups in total. The lowest BCUT2D eigenvalue weighted by atomic mass is 9.89. The highest BCUT2D eigenvalue weighted by Gasteiger charge is 2.48. The van der Waals surface area contributed by atoms with Crippen molar-refractivity contribution >= 4 is 17.5 Å². The van der Waals surface area contributed by atoms with Crippen LogP contribution in [-0.4, -0.2) is 37.1 Å². The van der Waals surface area contributed by atoms with Gasteiger partial charge in [0.1, 0.15) is 0 Å². The maximum absolute atomic E-state index is 13.2. The molecule has 0 aromatic heterocycles. The quantitative estimate of drug-likeness (QED) is 0.469. The lowest BCUT2D eigenvalue weighted by molar-refractivity contribution is -0.0471. The van der Waals surface area contributed by atoms with Gasteiger partial charge in [0.2, 0.25) is 0 Å². The highest BCUT2D eigenvalue weighted by atomic mass is 35.5. The molecule has 2 heterocycles. The third-order valence-corrected chi connectivity index (χ3v) is 6.77. The number of hydrogen-bond donors (Lipinski definition) is 0. The van der Waals surface area contributed by atoms with Crippen LogP contribution in [0.3, 0.4) is 0 Å². The molecule has 2 aliphatic heterocycles. The Morgan fingerprint density at radius 1 is 0.971 bits per heavy atom. The van der Waals surface area contributed by atoms with E-state index in [-0.39, 0.29) is 5.91 Å². The summed E-state index contributed by atoms with van der Waals surface area (Å²) < 4.78 is 18.7. The molecule has 5 nitrogen and oxygen atoms in total. The molecular weight excluding hydrogens is 450 g/mol. The number of ether oxygens (including phenoxy) is 3. The van der Waals surface area contributed by atoms with Crippen LogP contribution in [0.2, 0.25) is 5.02 Å². The molecule has 6 heteroatoms. The van der Waals surface area contributed by atoms with E-state index in [1.165, 1.54) is 0 Å². The van der Waals surface area contributed by atoms with Gasteiger partial charge in [-0.2, -0.15) is 0 Å². The van der Waals surface area contributed by atoms with Gasteiger partial charge in [-0.15, -0.1) is 0 Å². The van der Waals surface area contributed by atoms with Crippen LogP contribution in [0.5, 0.6) is 11.5 Å². The summed E-state index contributed by atoms with van der Waals surface area (Å²) in [4.78, 5) is 15.0. The molecule has 0 spiro atoms. The van der Waals surface area contributed by atoms with E-state index in [9.17, 15) is 4.79 Å². The fourth-order valence-electron chi connectivity index (χ4n) is 4.76. The molecule has 1 amide bonds. The van der Waals surface area contributed by atoms with Crippen LogP contribution in [0, 0.1) is 6.92 Å². The molecule has 0 bridgehead atoms. The largest absolute Gasteiger partial charge is 0.440 e. The van der Waals surface area contributed by atoms with Gasteiger partial charge in [0.05, 0.1) is 23.8 Å². The van der Waals surface area contributed by atoms with Crippen LogP contribution < -0.4 is 9.47 Å². The average molecular weight is 478 g/mol. The first-order chi connectivity index (χ1) is 16.5. The lowest BCUT2D eigenvalue weighted by Crippen LogP contribution is -2.40. The topological polar surface area (TPSA) is 48.0 Å². The van der Waals surface area contributed by atoms with Crippen molar-refractivity contribution < 1.29 is 19.0 Å². The first-order valence-corrected chi connectivity index (χ1v) is 12.1. The predicted octanol–water partition coefficient (Wildman–Crippen LogP) is 5.75. The van der Waals surface area contributed by atoms with Crippen molar-refractivity contribution in [2.75, 3.05) is 26.3 Å². The zero-order chi connectivity index (χ0) is 23.7. The van der Waals surface area contributed by atoms with E-state index in [4.69, 9.17) is 25.8 Å². The number of benzene rings is 3. The first-order valence-electron chi connectivity index (χ1n) is 11.8. The number of morpholine rings is 1. The summed E-state index contributed by atoms with van der Waals surface area (Å²) in [5.41, 5.74) is 4.51. The fraction of sp³-hybridized carbons (Fsp3) is 0.321. The molecule has 0 radical (unpaired) electrons. The monoisotopic (exact) mass is 477 g/mol. The molecule has 0 aliphatic carbocycles. The molecule has 2 aliphatic rings. The zero-order valence-corrected chi connectivity index (χ0v) is 20.2. The highest BCUT2D eigenvalue weighted by molar-refractivity contribution is 6.34. The van der Waals surface area contributed by atoms with Gasteiger partial charge in [-0.3, -0.25) is 4.79 Å². The Labute approximate surface area is 205 Å². The minimum atomic E-state index is -1.16. The Kier molecular flexibility index (Phi) is 6.24. The summed E-state index contributed by atoms with van der Waals surface area (Å²) in [6.07, 6.45) is 1.90. The number of hydrogen-bond acceptors (Lipinski definition) is 4. The number of fused-ring (bicyclic) bond motifs is 1. The van der Waals surface area contributed by atoms with Crippen molar-refractivity contribution in [3.8, 4) is 11.5 Å². The number of halogens is 1. The van der Waals surface area contributed by atoms with Gasteiger partial charge < -0.3 is 19.1 Å². The van der Waals surface area contributed by atoms with E-state index < -0.39 is 5.79 Å². The molecule has 34 heavy (non-hydrogen) atoms. The maximum Gasteiger partial charge on any atom is 0.306 e. The predicted molar refractivity (Wildman–Crippen MR) is 132 cm³/mol. The summed E-state index contributed by atoms with van der Waals surface area (Å²) >= 11 is 6.61. The van der Waals surface area contributed by atoms with E-state index in [2.05, 4.69) is 32.0 Å². The molecule has 3 aromatic rings. The summed E-state index contributed by atoms with van der Waals surface area (Å²) in [5.74, 6) is -0.253. The van der Waals surface area contributed by atoms with Crippen LogP contribution >= 0.6 is 11.6 Å². The number of amides is 1. The maximum atomic E-state index is 13.2. The number of aryl methyl sites for hydroxylation is 2. The van der Waals surface area contributed by atoms with Gasteiger partial charge in [-0.1, -0.05) is 73.5 Å². The van der Waals surface area contributed by atoms with Gasteiger partial charge in [0, 0.05) is 30.3 Å². The second kappa shape index (κ2) is 9.32. The van der Waals surface area contributed by atoms with Crippen molar-refractivity contribution in [1.29, 1.82) is 0 Å². The Balaban J connectivity index is 1.62. The second-order valence-electron chi connectivity index (χ2n) is 8.73. The number of rotatable bonds is 5. The van der Waals surface area contributed by atoms with E-state index in [0.29, 0.717) is 48.4 Å². The van der Waals surface area contributed by atoms with E-state index in [0.717, 1.165) is 35.1 Å². The van der Waals surface area contributed by atoms with E-state index in [1.807, 2.05) is 30.3 Å². The van der Waals surface area contributed by atoms with Gasteiger partial charge in [0.25, 0.3) is 5.91 Å². The van der Waals surface area contributed by atoms with Crippen LogP contribution in [0.1, 0.15) is 46.0 Å². The van der Waals surface area contributed by atoms with Crippen LogP contribution in [0.4, 0.5) is 0 Å². The fourth-order valence-corrected chi connectivity index (χ4v) is 5.00. The molecule has 1 fully saturated rings. The minimum absolute atomic E-state index is 0.125. The SMILES string of the molecule is CCCc1ccccc1C1(c2ccccc2C)Oc2cc(Cl)c(C(=O)N3CCOCC3)cc2O1. The first kappa shape index (κ1) is 22.8. The van der Waals surface area contributed by atoms with Gasteiger partial charge in [0.15, 0.2) is 11.5 Å². The molecular formula is C28H28ClNO4. The Morgan fingerprint density at radius 3 is 2.32 bits per heavy atom. The molecule has 3 aromatic carbocycles.